The van der Waals surface area contributed by atoms with Crippen molar-refractivity contribution in [2.45, 2.75) is 12.6 Å². The molecule has 0 saturated carbocycles. The third-order valence-electron chi connectivity index (χ3n) is 2.54. The van der Waals surface area contributed by atoms with Gasteiger partial charge >= 0.3 is 0 Å². The summed E-state index contributed by atoms with van der Waals surface area (Å²) >= 11 is 3.21. The Kier molecular flexibility index (Phi) is 5.30. The van der Waals surface area contributed by atoms with Crippen LogP contribution in [0.5, 0.6) is 0 Å². The van der Waals surface area contributed by atoms with Crippen LogP contribution in [-0.2, 0) is 11.3 Å². The van der Waals surface area contributed by atoms with Gasteiger partial charge in [-0.15, -0.1) is 10.2 Å². The van der Waals surface area contributed by atoms with Crippen LogP contribution in [0.25, 0.3) is 11.7 Å². The van der Waals surface area contributed by atoms with Crippen LogP contribution in [0.1, 0.15) is 5.89 Å². The average molecular weight is 346 g/mol. The highest BCUT2D eigenvalue weighted by molar-refractivity contribution is 9.10. The van der Waals surface area contributed by atoms with Gasteiger partial charge in [0.25, 0.3) is 5.89 Å². The summed E-state index contributed by atoms with van der Waals surface area (Å²) in [5.74, 6) is 1.30. The standard InChI is InChI=1S/C12H16BrN3O4/c1-16(5-8(17)7-18-2)6-11-14-15-12(20-11)9-3-4-10(13)19-9/h3-4,8,17H,5-7H2,1-2H3. The van der Waals surface area contributed by atoms with E-state index in [4.69, 9.17) is 13.6 Å². The Labute approximate surface area is 124 Å². The number of furan rings is 1. The van der Waals surface area contributed by atoms with E-state index >= 15 is 0 Å². The number of hydrogen-bond donors (Lipinski definition) is 1. The third-order valence-corrected chi connectivity index (χ3v) is 2.96. The molecule has 8 heteroatoms. The number of rotatable bonds is 7. The van der Waals surface area contributed by atoms with Gasteiger partial charge in [-0.2, -0.15) is 0 Å². The number of methoxy groups -OCH3 is 1. The molecule has 110 valence electrons. The lowest BCUT2D eigenvalue weighted by atomic mass is 10.3. The molecule has 1 atom stereocenters. The van der Waals surface area contributed by atoms with Gasteiger partial charge in [0, 0.05) is 13.7 Å². The monoisotopic (exact) mass is 345 g/mol. The summed E-state index contributed by atoms with van der Waals surface area (Å²) in [6.07, 6.45) is -0.548. The molecule has 1 unspecified atom stereocenters. The summed E-state index contributed by atoms with van der Waals surface area (Å²) in [6, 6.07) is 3.50. The maximum absolute atomic E-state index is 9.63. The fourth-order valence-electron chi connectivity index (χ4n) is 1.75. The Morgan fingerprint density at radius 1 is 1.40 bits per heavy atom. The van der Waals surface area contributed by atoms with Gasteiger partial charge in [-0.25, -0.2) is 0 Å². The number of nitrogens with zero attached hydrogens (tertiary/aromatic N) is 3. The molecular weight excluding hydrogens is 330 g/mol. The van der Waals surface area contributed by atoms with E-state index in [2.05, 4.69) is 26.1 Å². The van der Waals surface area contributed by atoms with E-state index in [0.717, 1.165) is 0 Å². The van der Waals surface area contributed by atoms with Gasteiger partial charge in [-0.1, -0.05) is 0 Å². The van der Waals surface area contributed by atoms with Gasteiger partial charge in [0.2, 0.25) is 5.89 Å². The highest BCUT2D eigenvalue weighted by atomic mass is 79.9. The molecule has 0 spiro atoms. The zero-order valence-electron chi connectivity index (χ0n) is 11.2. The molecule has 0 amide bonds. The van der Waals surface area contributed by atoms with Crippen LogP contribution < -0.4 is 0 Å². The van der Waals surface area contributed by atoms with Crippen LogP contribution in [-0.4, -0.2) is 53.6 Å². The SMILES string of the molecule is COCC(O)CN(C)Cc1nnc(-c2ccc(Br)o2)o1. The van der Waals surface area contributed by atoms with E-state index in [9.17, 15) is 5.11 Å². The number of aliphatic hydroxyl groups is 1. The number of halogens is 1. The lowest BCUT2D eigenvalue weighted by Crippen LogP contribution is -2.31. The fourth-order valence-corrected chi connectivity index (χ4v) is 2.05. The normalized spacial score (nSPS) is 13.1. The molecule has 0 aromatic carbocycles. The molecule has 0 fully saturated rings. The van der Waals surface area contributed by atoms with Crippen molar-refractivity contribution in [3.63, 3.8) is 0 Å². The third kappa shape index (κ3) is 4.14. The number of likely N-dealkylation sites (N-methyl/N-ethyl adjacent to an activating group) is 1. The van der Waals surface area contributed by atoms with Crippen molar-refractivity contribution in [1.29, 1.82) is 0 Å². The minimum Gasteiger partial charge on any atom is -0.444 e. The molecule has 2 aromatic rings. The first-order valence-corrected chi connectivity index (χ1v) is 6.81. The second kappa shape index (κ2) is 6.98. The highest BCUT2D eigenvalue weighted by Crippen LogP contribution is 2.23. The quantitative estimate of drug-likeness (QED) is 0.814. The van der Waals surface area contributed by atoms with Crippen molar-refractivity contribution in [3.8, 4) is 11.7 Å². The lowest BCUT2D eigenvalue weighted by molar-refractivity contribution is 0.0404. The van der Waals surface area contributed by atoms with Crippen molar-refractivity contribution in [2.24, 2.45) is 0 Å². The second-order valence-corrected chi connectivity index (χ2v) is 5.19. The summed E-state index contributed by atoms with van der Waals surface area (Å²) < 4.78 is 16.3. The zero-order valence-corrected chi connectivity index (χ0v) is 12.8. The molecule has 1 N–H and O–H groups in total. The Hall–Kier alpha value is -1.22. The smallest absolute Gasteiger partial charge is 0.283 e. The molecule has 0 aliphatic carbocycles. The van der Waals surface area contributed by atoms with E-state index in [1.54, 1.807) is 19.2 Å². The Morgan fingerprint density at radius 2 is 2.20 bits per heavy atom. The van der Waals surface area contributed by atoms with Crippen LogP contribution in [0.4, 0.5) is 0 Å². The van der Waals surface area contributed by atoms with E-state index in [-0.39, 0.29) is 0 Å². The van der Waals surface area contributed by atoms with E-state index in [1.807, 2.05) is 11.9 Å². The molecule has 0 saturated heterocycles. The minimum absolute atomic E-state index is 0.292. The summed E-state index contributed by atoms with van der Waals surface area (Å²) in [7, 11) is 3.40. The largest absolute Gasteiger partial charge is 0.444 e. The Morgan fingerprint density at radius 3 is 2.85 bits per heavy atom. The molecule has 0 aliphatic heterocycles. The first kappa shape index (κ1) is 15.2. The first-order chi connectivity index (χ1) is 9.58. The van der Waals surface area contributed by atoms with Crippen molar-refractivity contribution < 1.29 is 18.7 Å². The first-order valence-electron chi connectivity index (χ1n) is 6.02. The molecule has 2 rings (SSSR count). The van der Waals surface area contributed by atoms with E-state index in [0.29, 0.717) is 41.9 Å². The van der Waals surface area contributed by atoms with Crippen molar-refractivity contribution in [2.75, 3.05) is 27.3 Å². The highest BCUT2D eigenvalue weighted by Gasteiger charge is 2.15. The van der Waals surface area contributed by atoms with Crippen molar-refractivity contribution >= 4 is 15.9 Å². The van der Waals surface area contributed by atoms with Gasteiger partial charge in [-0.05, 0) is 35.1 Å². The number of hydrogen-bond acceptors (Lipinski definition) is 7. The number of ether oxygens (including phenoxy) is 1. The van der Waals surface area contributed by atoms with Crippen LogP contribution >= 0.6 is 15.9 Å². The molecule has 7 nitrogen and oxygen atoms in total. The zero-order chi connectivity index (χ0) is 14.5. The molecule has 0 bridgehead atoms. The molecular formula is C12H16BrN3O4. The van der Waals surface area contributed by atoms with Gasteiger partial charge in [0.05, 0.1) is 19.3 Å². The topological polar surface area (TPSA) is 84.8 Å². The van der Waals surface area contributed by atoms with E-state index in [1.165, 1.54) is 0 Å². The van der Waals surface area contributed by atoms with Gasteiger partial charge in [-0.3, -0.25) is 4.90 Å². The summed E-state index contributed by atoms with van der Waals surface area (Å²) in [5.41, 5.74) is 0. The van der Waals surface area contributed by atoms with Gasteiger partial charge < -0.3 is 18.7 Å². The maximum atomic E-state index is 9.63. The molecule has 0 aliphatic rings. The molecule has 2 heterocycles. The van der Waals surface area contributed by atoms with E-state index < -0.39 is 6.10 Å². The predicted molar refractivity (Wildman–Crippen MR) is 73.9 cm³/mol. The average Bonchev–Trinajstić information content (AvgIpc) is 2.98. The fraction of sp³-hybridized carbons (Fsp3) is 0.500. The van der Waals surface area contributed by atoms with Crippen LogP contribution in [0.15, 0.2) is 25.6 Å². The summed E-state index contributed by atoms with van der Waals surface area (Å²) in [6.45, 7) is 1.19. The number of aromatic nitrogens is 2. The van der Waals surface area contributed by atoms with Crippen molar-refractivity contribution in [1.82, 2.24) is 15.1 Å². The van der Waals surface area contributed by atoms with Gasteiger partial charge in [0.15, 0.2) is 10.4 Å². The predicted octanol–water partition coefficient (Wildman–Crippen LogP) is 1.53. The second-order valence-electron chi connectivity index (χ2n) is 4.41. The Bertz CT molecular complexity index is 542. The maximum Gasteiger partial charge on any atom is 0.283 e. The summed E-state index contributed by atoms with van der Waals surface area (Å²) in [5, 5.41) is 17.5. The van der Waals surface area contributed by atoms with Crippen LogP contribution in [0.2, 0.25) is 0 Å². The molecule has 2 aromatic heterocycles. The van der Waals surface area contributed by atoms with Crippen molar-refractivity contribution in [3.05, 3.63) is 22.7 Å². The lowest BCUT2D eigenvalue weighted by Gasteiger charge is -2.17. The Balaban J connectivity index is 1.92. The van der Waals surface area contributed by atoms with Crippen LogP contribution in [0.3, 0.4) is 0 Å². The van der Waals surface area contributed by atoms with Crippen LogP contribution in [0, 0.1) is 0 Å². The number of aliphatic hydroxyl groups excluding tert-OH is 1. The minimum atomic E-state index is -0.548. The summed E-state index contributed by atoms with van der Waals surface area (Å²) in [4.78, 5) is 1.87. The molecule has 20 heavy (non-hydrogen) atoms. The van der Waals surface area contributed by atoms with Gasteiger partial charge in [0.1, 0.15) is 0 Å². The molecule has 0 radical (unpaired) electrons.